The Morgan fingerprint density at radius 2 is 1.14 bits per heavy atom. The van der Waals surface area contributed by atoms with E-state index < -0.39 is 16.7 Å². The number of allylic oxidation sites excluding steroid dienone is 6. The zero-order chi connectivity index (χ0) is 50.9. The molecule has 3 aliphatic heterocycles. The van der Waals surface area contributed by atoms with Crippen molar-refractivity contribution in [1.29, 1.82) is 0 Å². The smallest absolute Gasteiger partial charge is 0.235 e. The molecule has 3 heterocycles. The van der Waals surface area contributed by atoms with Gasteiger partial charge >= 0.3 is 0 Å². The van der Waals surface area contributed by atoms with E-state index in [1.54, 1.807) is 0 Å². The summed E-state index contributed by atoms with van der Waals surface area (Å²) in [5, 5.41) is 46.2. The maximum atomic E-state index is 15.1. The fraction of sp³-hybridized carbons (Fsp3) is 0.365. The van der Waals surface area contributed by atoms with Crippen LogP contribution < -0.4 is 56.9 Å². The molecular weight excluding hydrogens is 891 g/mol. The molecule has 0 fully saturated rings. The fourth-order valence-corrected chi connectivity index (χ4v) is 13.5. The van der Waals surface area contributed by atoms with E-state index in [2.05, 4.69) is 150 Å². The van der Waals surface area contributed by atoms with Crippen LogP contribution in [0.2, 0.25) is 0 Å². The third kappa shape index (κ3) is 7.15. The minimum atomic E-state index is -0.738. The van der Waals surface area contributed by atoms with Crippen molar-refractivity contribution in [3.63, 3.8) is 0 Å². The van der Waals surface area contributed by atoms with E-state index in [-0.39, 0.29) is 57.2 Å². The second-order valence-electron chi connectivity index (χ2n) is 23.5. The molecule has 0 bridgehead atoms. The average molecular weight is 958 g/mol. The molecule has 368 valence electrons. The second-order valence-corrected chi connectivity index (χ2v) is 23.5. The molecule has 6 aromatic rings. The molecule has 0 saturated heterocycles. The molecule has 0 saturated carbocycles. The molecule has 11 rings (SSSR count). The van der Waals surface area contributed by atoms with Crippen LogP contribution in [0.1, 0.15) is 113 Å². The monoisotopic (exact) mass is 958 g/mol. The van der Waals surface area contributed by atoms with Crippen LogP contribution in [0.25, 0.3) is 49.0 Å². The van der Waals surface area contributed by atoms with Crippen LogP contribution in [0.5, 0.6) is 0 Å². The van der Waals surface area contributed by atoms with Gasteiger partial charge in [-0.3, -0.25) is 9.59 Å². The summed E-state index contributed by atoms with van der Waals surface area (Å²) in [5.41, 5.74) is 4.33. The van der Waals surface area contributed by atoms with E-state index in [1.807, 2.05) is 48.5 Å². The van der Waals surface area contributed by atoms with Crippen molar-refractivity contribution in [2.75, 3.05) is 22.1 Å². The van der Waals surface area contributed by atoms with Crippen molar-refractivity contribution >= 4 is 77.7 Å². The lowest BCUT2D eigenvalue weighted by molar-refractivity contribution is -0.589. The van der Waals surface area contributed by atoms with Gasteiger partial charge < -0.3 is 25.7 Å². The highest BCUT2D eigenvalue weighted by Crippen LogP contribution is 2.51. The van der Waals surface area contributed by atoms with Gasteiger partial charge in [0.15, 0.2) is 11.6 Å². The molecule has 2 aliphatic carbocycles. The number of nitrogens with one attached hydrogen (secondary N) is 4. The largest absolute Gasteiger partial charge is 0.871 e. The minimum Gasteiger partial charge on any atom is -0.871 e. The molecule has 0 radical (unpaired) electrons. The number of rotatable bonds is 11. The van der Waals surface area contributed by atoms with Crippen LogP contribution in [0.15, 0.2) is 120 Å². The highest BCUT2D eigenvalue weighted by Gasteiger charge is 2.46. The molecule has 6 aromatic carbocycles. The van der Waals surface area contributed by atoms with Gasteiger partial charge in [0.1, 0.15) is 0 Å². The Morgan fingerprint density at radius 1 is 0.597 bits per heavy atom. The molecule has 5 aliphatic rings. The van der Waals surface area contributed by atoms with Crippen molar-refractivity contribution in [2.24, 2.45) is 23.7 Å². The summed E-state index contributed by atoms with van der Waals surface area (Å²) in [4.78, 5) is 39.9. The van der Waals surface area contributed by atoms with Crippen molar-refractivity contribution in [1.82, 2.24) is 0 Å². The summed E-state index contributed by atoms with van der Waals surface area (Å²) in [6.45, 7) is 24.7. The molecule has 4 N–H and O–H groups in total. The Bertz CT molecular complexity index is 3740. The van der Waals surface area contributed by atoms with E-state index in [0.717, 1.165) is 67.6 Å². The third-order valence-corrected chi connectivity index (χ3v) is 15.7. The number of hydrogen-bond acceptors (Lipinski definition) is 7. The minimum absolute atomic E-state index is 0.139. The molecule has 0 atom stereocenters. The van der Waals surface area contributed by atoms with Crippen LogP contribution in [0, 0.1) is 23.7 Å². The van der Waals surface area contributed by atoms with E-state index in [1.165, 1.54) is 5.56 Å². The number of likely N-dealkylation sites (N-methyl/N-ethyl adjacent to an activating group) is 1. The molecule has 0 spiro atoms. The summed E-state index contributed by atoms with van der Waals surface area (Å²) in [6.07, 6.45) is 4.91. The fourth-order valence-electron chi connectivity index (χ4n) is 13.5. The molecule has 0 unspecified atom stereocenters. The summed E-state index contributed by atoms with van der Waals surface area (Å²) < 4.78 is 0. The highest BCUT2D eigenvalue weighted by molar-refractivity contribution is 6.52. The summed E-state index contributed by atoms with van der Waals surface area (Å²) >= 11 is 0. The molecule has 72 heavy (non-hydrogen) atoms. The van der Waals surface area contributed by atoms with Crippen LogP contribution in [-0.2, 0) is 15.0 Å². The first-order valence-electron chi connectivity index (χ1n) is 26.2. The van der Waals surface area contributed by atoms with Gasteiger partial charge in [-0.15, -0.1) is 0 Å². The quantitative estimate of drug-likeness (QED) is 0.134. The lowest BCUT2D eigenvalue weighted by Gasteiger charge is -2.37. The van der Waals surface area contributed by atoms with Gasteiger partial charge in [-0.1, -0.05) is 147 Å². The Morgan fingerprint density at radius 3 is 1.74 bits per heavy atom. The maximum Gasteiger partial charge on any atom is 0.235 e. The summed E-state index contributed by atoms with van der Waals surface area (Å²) in [5.74, 6) is 0.0483. The molecule has 9 nitrogen and oxygen atoms in total. The zero-order valence-corrected chi connectivity index (χ0v) is 43.7. The van der Waals surface area contributed by atoms with Crippen LogP contribution in [0.3, 0.4) is 0 Å². The zero-order valence-electron chi connectivity index (χ0n) is 43.7. The first-order valence-corrected chi connectivity index (χ1v) is 26.2. The predicted octanol–water partition coefficient (Wildman–Crippen LogP) is 5.53. The lowest BCUT2D eigenvalue weighted by Crippen LogP contribution is -2.96. The van der Waals surface area contributed by atoms with E-state index in [4.69, 9.17) is 0 Å². The molecule has 9 heteroatoms. The number of ketones is 2. The number of fused-ring (bicyclic) bond motifs is 3. The Balaban J connectivity index is 1.13. The number of nitrogens with zero attached hydrogens (tertiary/aromatic N) is 1. The normalized spacial score (nSPS) is 20.4. The number of benzene rings is 6. The predicted molar refractivity (Wildman–Crippen MR) is 286 cm³/mol. The van der Waals surface area contributed by atoms with Gasteiger partial charge in [0.2, 0.25) is 22.0 Å². The highest BCUT2D eigenvalue weighted by atomic mass is 16.3. The van der Waals surface area contributed by atoms with Gasteiger partial charge in [0, 0.05) is 76.9 Å². The number of hydrogen-bond donors (Lipinski definition) is 4. The summed E-state index contributed by atoms with van der Waals surface area (Å²) in [6, 6.07) is 30.5. The SMILES string of the molecule is CCN1/C(=C\C2=C([O-])C(=c3\ccc4ccc(C5=C([O-])/C(=c6\ccc7cccc8c7c6=[NH+]C(CC(C)C)(CC(C)C)N8)C5=O)c5c4c3=[NH+]C(CC(C)C)(CC(C)C)N5)/C2=O)C(C)(C)c2c1ccc1ccccc21. The number of Topliss-reactive ketones (excluding diaryl/α,β-unsaturated/α-hetero) is 2. The van der Waals surface area contributed by atoms with Gasteiger partial charge in [-0.25, -0.2) is 9.98 Å². The number of anilines is 3. The molecular formula is C63H67N5O4. The maximum absolute atomic E-state index is 15.1. The standard InChI is InChI=1S/C63H67N5O4/c1-12-68-46-27-23-37-16-13-14-18-40(37)53(46)61(10,11)47(68)28-44-57(69)50(58(44)70)41-25-21-39-22-26-43(56-49(39)55(41)66-63(67-56,31-35(6)7)32-36(8)9)52-59(71)51(60(52)72)42-24-20-38-17-15-19-45-48(38)54(42)65-62(64-45,29-33(2)3)30-34(4)5/h13-28,33-36,64,67,69,71H,12,29-32H2,1-11H3/b47-28-,50-41-,51-42-. The number of carbonyl (C=O) groups excluding carboxylic acids is 2. The first kappa shape index (κ1) is 47.3. The van der Waals surface area contributed by atoms with Gasteiger partial charge in [0.25, 0.3) is 0 Å². The van der Waals surface area contributed by atoms with Crippen LogP contribution >= 0.6 is 0 Å². The second kappa shape index (κ2) is 16.8. The molecule has 0 aromatic heterocycles. The van der Waals surface area contributed by atoms with Gasteiger partial charge in [-0.2, -0.15) is 0 Å². The Kier molecular flexibility index (Phi) is 11.0. The lowest BCUT2D eigenvalue weighted by atomic mass is 9.78. The van der Waals surface area contributed by atoms with E-state index in [0.29, 0.717) is 58.3 Å². The van der Waals surface area contributed by atoms with Gasteiger partial charge in [0.05, 0.1) is 32.6 Å². The average Bonchev–Trinajstić information content (AvgIpc) is 3.54. The Hall–Kier alpha value is -7.00. The van der Waals surface area contributed by atoms with Crippen molar-refractivity contribution in [3.05, 3.63) is 152 Å². The number of carbonyl (C=O) groups is 2. The Labute approximate surface area is 422 Å². The van der Waals surface area contributed by atoms with Crippen LogP contribution in [-0.4, -0.2) is 29.4 Å². The first-order chi connectivity index (χ1) is 34.3. The van der Waals surface area contributed by atoms with Crippen molar-refractivity contribution in [3.8, 4) is 0 Å². The molecule has 0 amide bonds. The topological polar surface area (TPSA) is 136 Å². The van der Waals surface area contributed by atoms with E-state index >= 15 is 9.90 Å². The van der Waals surface area contributed by atoms with Crippen molar-refractivity contribution in [2.45, 2.75) is 119 Å². The third-order valence-electron chi connectivity index (χ3n) is 15.7. The van der Waals surface area contributed by atoms with Crippen molar-refractivity contribution < 1.29 is 29.8 Å². The summed E-state index contributed by atoms with van der Waals surface area (Å²) in [7, 11) is 0. The van der Waals surface area contributed by atoms with Crippen LogP contribution in [0.4, 0.5) is 17.1 Å². The van der Waals surface area contributed by atoms with Gasteiger partial charge in [-0.05, 0) is 88.0 Å². The van der Waals surface area contributed by atoms with E-state index in [9.17, 15) is 9.90 Å².